The minimum atomic E-state index is 1.10. The molecule has 0 radical (unpaired) electrons. The zero-order valence-electron chi connectivity index (χ0n) is 28.2. The van der Waals surface area contributed by atoms with Gasteiger partial charge in [-0.15, -0.1) is 0 Å². The molecule has 51 heavy (non-hydrogen) atoms. The molecule has 0 saturated heterocycles. The Hall–Kier alpha value is -6.70. The van der Waals surface area contributed by atoms with Crippen molar-refractivity contribution in [3.63, 3.8) is 0 Å². The van der Waals surface area contributed by atoms with E-state index in [0.29, 0.717) is 0 Å². The van der Waals surface area contributed by atoms with Gasteiger partial charge in [0.1, 0.15) is 0 Å². The maximum absolute atomic E-state index is 2.44. The fourth-order valence-electron chi connectivity index (χ4n) is 7.52. The molecule has 0 atom stereocenters. The van der Waals surface area contributed by atoms with Crippen LogP contribution in [0.5, 0.6) is 0 Å². The minimum Gasteiger partial charge on any atom is -0.310 e. The van der Waals surface area contributed by atoms with E-state index in [1.165, 1.54) is 66.1 Å². The van der Waals surface area contributed by atoms with Gasteiger partial charge in [0.05, 0.1) is 5.69 Å². The van der Waals surface area contributed by atoms with Gasteiger partial charge in [0.2, 0.25) is 0 Å². The van der Waals surface area contributed by atoms with E-state index in [1.807, 2.05) is 0 Å². The average molecular weight is 650 g/mol. The molecule has 0 N–H and O–H groups in total. The third-order valence-corrected chi connectivity index (χ3v) is 9.84. The molecule has 9 aromatic carbocycles. The van der Waals surface area contributed by atoms with E-state index in [2.05, 4.69) is 217 Å². The maximum atomic E-state index is 2.44. The highest BCUT2D eigenvalue weighted by atomic mass is 15.1. The van der Waals surface area contributed by atoms with Gasteiger partial charge in [0.25, 0.3) is 0 Å². The van der Waals surface area contributed by atoms with Crippen LogP contribution in [-0.2, 0) is 0 Å². The van der Waals surface area contributed by atoms with Gasteiger partial charge in [0, 0.05) is 22.3 Å². The van der Waals surface area contributed by atoms with Gasteiger partial charge in [-0.3, -0.25) is 0 Å². The first-order chi connectivity index (χ1) is 25.3. The lowest BCUT2D eigenvalue weighted by Crippen LogP contribution is -2.11. The summed E-state index contributed by atoms with van der Waals surface area (Å²) in [4.78, 5) is 2.44. The van der Waals surface area contributed by atoms with Crippen molar-refractivity contribution < 1.29 is 0 Å². The predicted molar refractivity (Wildman–Crippen MR) is 218 cm³/mol. The van der Waals surface area contributed by atoms with E-state index >= 15 is 0 Å². The van der Waals surface area contributed by atoms with Gasteiger partial charge >= 0.3 is 0 Å². The number of nitrogens with zero attached hydrogens (tertiary/aromatic N) is 1. The Bertz CT molecular complexity index is 2590. The van der Waals surface area contributed by atoms with Crippen LogP contribution in [0.1, 0.15) is 0 Å². The average Bonchev–Trinajstić information content (AvgIpc) is 3.22. The second kappa shape index (κ2) is 13.3. The summed E-state index contributed by atoms with van der Waals surface area (Å²) >= 11 is 0. The van der Waals surface area contributed by atoms with Crippen LogP contribution >= 0.6 is 0 Å². The summed E-state index contributed by atoms with van der Waals surface area (Å²) in [5, 5.41) is 4.94. The van der Waals surface area contributed by atoms with Crippen LogP contribution in [0.4, 0.5) is 17.1 Å². The van der Waals surface area contributed by atoms with Gasteiger partial charge in [-0.2, -0.15) is 0 Å². The summed E-state index contributed by atoms with van der Waals surface area (Å²) < 4.78 is 0. The highest BCUT2D eigenvalue weighted by Gasteiger charge is 2.23. The molecule has 0 amide bonds. The Balaban J connectivity index is 1.38. The maximum Gasteiger partial charge on any atom is 0.0546 e. The topological polar surface area (TPSA) is 3.24 Å². The Morgan fingerprint density at radius 2 is 0.706 bits per heavy atom. The molecule has 0 aliphatic carbocycles. The Morgan fingerprint density at radius 1 is 0.255 bits per heavy atom. The van der Waals surface area contributed by atoms with Crippen LogP contribution in [0.25, 0.3) is 66.1 Å². The molecule has 0 spiro atoms. The standard InChI is InChI=1S/C50H35N/c1-5-17-36(18-6-1)38-31-33-42(34-32-38)51(43-26-15-25-41(35-43)37-19-7-2-8-20-37)47-30-16-29-46-44-27-13-14-28-45(44)48(39-21-9-3-10-22-39)49(50(46)47)40-23-11-4-12-24-40/h1-35H. The minimum absolute atomic E-state index is 1.10. The van der Waals surface area contributed by atoms with Crippen LogP contribution in [0.3, 0.4) is 0 Å². The van der Waals surface area contributed by atoms with E-state index in [-0.39, 0.29) is 0 Å². The summed E-state index contributed by atoms with van der Waals surface area (Å²) in [6, 6.07) is 76.6. The lowest BCUT2D eigenvalue weighted by Gasteiger charge is -2.29. The van der Waals surface area contributed by atoms with Gasteiger partial charge in [-0.25, -0.2) is 0 Å². The number of anilines is 3. The molecule has 0 aliphatic heterocycles. The highest BCUT2D eigenvalue weighted by Crippen LogP contribution is 2.50. The number of fused-ring (bicyclic) bond motifs is 3. The van der Waals surface area contributed by atoms with Crippen molar-refractivity contribution in [2.45, 2.75) is 0 Å². The fraction of sp³-hybridized carbons (Fsp3) is 0. The van der Waals surface area contributed by atoms with Gasteiger partial charge in [-0.1, -0.05) is 182 Å². The normalized spacial score (nSPS) is 11.1. The van der Waals surface area contributed by atoms with Crippen LogP contribution in [0.2, 0.25) is 0 Å². The SMILES string of the molecule is c1ccc(-c2ccc(N(c3cccc(-c4ccccc4)c3)c3cccc4c3c(-c3ccccc3)c(-c3ccccc3)c3ccccc34)cc2)cc1. The summed E-state index contributed by atoms with van der Waals surface area (Å²) in [5.41, 5.74) is 13.0. The lowest BCUT2D eigenvalue weighted by molar-refractivity contribution is 1.30. The Labute approximate surface area is 299 Å². The molecule has 0 saturated carbocycles. The smallest absolute Gasteiger partial charge is 0.0546 e. The zero-order valence-corrected chi connectivity index (χ0v) is 28.2. The van der Waals surface area contributed by atoms with Crippen LogP contribution in [0.15, 0.2) is 212 Å². The predicted octanol–water partition coefficient (Wildman–Crippen LogP) is 14.1. The van der Waals surface area contributed by atoms with Crippen molar-refractivity contribution >= 4 is 38.6 Å². The molecule has 0 heterocycles. The fourth-order valence-corrected chi connectivity index (χ4v) is 7.52. The van der Waals surface area contributed by atoms with Crippen molar-refractivity contribution in [3.8, 4) is 44.5 Å². The van der Waals surface area contributed by atoms with E-state index in [1.54, 1.807) is 0 Å². The van der Waals surface area contributed by atoms with E-state index in [0.717, 1.165) is 17.1 Å². The van der Waals surface area contributed by atoms with Crippen molar-refractivity contribution in [1.29, 1.82) is 0 Å². The molecule has 0 bridgehead atoms. The Kier molecular flexibility index (Phi) is 7.92. The Morgan fingerprint density at radius 3 is 1.33 bits per heavy atom. The van der Waals surface area contributed by atoms with E-state index in [9.17, 15) is 0 Å². The van der Waals surface area contributed by atoms with Crippen LogP contribution in [0, 0.1) is 0 Å². The molecule has 0 fully saturated rings. The second-order valence-corrected chi connectivity index (χ2v) is 12.9. The molecule has 0 aromatic heterocycles. The third-order valence-electron chi connectivity index (χ3n) is 9.84. The first-order valence-electron chi connectivity index (χ1n) is 17.5. The summed E-state index contributed by atoms with van der Waals surface area (Å²) in [6.07, 6.45) is 0. The molecule has 240 valence electrons. The third kappa shape index (κ3) is 5.65. The van der Waals surface area contributed by atoms with Gasteiger partial charge < -0.3 is 4.90 Å². The van der Waals surface area contributed by atoms with Gasteiger partial charge in [0.15, 0.2) is 0 Å². The number of hydrogen-bond donors (Lipinski definition) is 0. The molecular formula is C50H35N. The van der Waals surface area contributed by atoms with Crippen LogP contribution in [-0.4, -0.2) is 0 Å². The van der Waals surface area contributed by atoms with Crippen molar-refractivity contribution in [3.05, 3.63) is 212 Å². The molecule has 9 aromatic rings. The first-order valence-corrected chi connectivity index (χ1v) is 17.5. The molecule has 0 unspecified atom stereocenters. The lowest BCUT2D eigenvalue weighted by atomic mass is 9.84. The van der Waals surface area contributed by atoms with E-state index in [4.69, 9.17) is 0 Å². The summed E-state index contributed by atoms with van der Waals surface area (Å²) in [6.45, 7) is 0. The van der Waals surface area contributed by atoms with E-state index < -0.39 is 0 Å². The molecule has 0 aliphatic rings. The van der Waals surface area contributed by atoms with Crippen LogP contribution < -0.4 is 4.90 Å². The number of rotatable bonds is 7. The van der Waals surface area contributed by atoms with Gasteiger partial charge in [-0.05, 0) is 85.4 Å². The molecule has 9 rings (SSSR count). The molecule has 1 heteroatoms. The zero-order chi connectivity index (χ0) is 34.0. The summed E-state index contributed by atoms with van der Waals surface area (Å²) in [7, 11) is 0. The van der Waals surface area contributed by atoms with Crippen molar-refractivity contribution in [2.75, 3.05) is 4.90 Å². The number of benzene rings is 9. The largest absolute Gasteiger partial charge is 0.310 e. The van der Waals surface area contributed by atoms with Crippen molar-refractivity contribution in [1.82, 2.24) is 0 Å². The second-order valence-electron chi connectivity index (χ2n) is 12.9. The molecule has 1 nitrogen and oxygen atoms in total. The quantitative estimate of drug-likeness (QED) is 0.155. The monoisotopic (exact) mass is 649 g/mol. The highest BCUT2D eigenvalue weighted by molar-refractivity contribution is 6.25. The van der Waals surface area contributed by atoms with Crippen molar-refractivity contribution in [2.24, 2.45) is 0 Å². The first kappa shape index (κ1) is 30.4. The number of hydrogen-bond acceptors (Lipinski definition) is 1. The summed E-state index contributed by atoms with van der Waals surface area (Å²) in [5.74, 6) is 0. The molecular weight excluding hydrogens is 615 g/mol.